The highest BCUT2D eigenvalue weighted by atomic mass is 32.2. The van der Waals surface area contributed by atoms with E-state index in [0.29, 0.717) is 22.6 Å². The first kappa shape index (κ1) is 25.0. The van der Waals surface area contributed by atoms with Gasteiger partial charge >= 0.3 is 0 Å². The number of sulfonamides is 1. The second-order valence-corrected chi connectivity index (χ2v) is 10.5. The lowest BCUT2D eigenvalue weighted by Gasteiger charge is -2.13. The van der Waals surface area contributed by atoms with Crippen molar-refractivity contribution in [1.29, 1.82) is 0 Å². The fourth-order valence-corrected chi connectivity index (χ4v) is 5.48. The van der Waals surface area contributed by atoms with Gasteiger partial charge in [-0.2, -0.15) is 0 Å². The van der Waals surface area contributed by atoms with Crippen LogP contribution in [0.5, 0.6) is 0 Å². The Labute approximate surface area is 210 Å². The van der Waals surface area contributed by atoms with E-state index in [2.05, 4.69) is 10.0 Å². The van der Waals surface area contributed by atoms with Gasteiger partial charge in [-0.05, 0) is 80.8 Å². The van der Waals surface area contributed by atoms with Gasteiger partial charge in [-0.1, -0.05) is 30.3 Å². The summed E-state index contributed by atoms with van der Waals surface area (Å²) in [5.41, 5.74) is 3.89. The number of para-hydroxylation sites is 1. The highest BCUT2D eigenvalue weighted by Crippen LogP contribution is 2.23. The third kappa shape index (κ3) is 4.83. The number of hydrogen-bond donors (Lipinski definition) is 2. The molecule has 0 bridgehead atoms. The van der Waals surface area contributed by atoms with Crippen LogP contribution in [0, 0.1) is 27.7 Å². The lowest BCUT2D eigenvalue weighted by Crippen LogP contribution is -2.23. The monoisotopic (exact) mass is 504 g/mol. The lowest BCUT2D eigenvalue weighted by atomic mass is 10.1. The van der Waals surface area contributed by atoms with Crippen LogP contribution in [0.25, 0.3) is 5.69 Å². The largest absolute Gasteiger partial charge is 0.316 e. The van der Waals surface area contributed by atoms with Gasteiger partial charge < -0.3 is 5.32 Å². The van der Waals surface area contributed by atoms with Gasteiger partial charge in [0.2, 0.25) is 0 Å². The minimum absolute atomic E-state index is 0.0132. The highest BCUT2D eigenvalue weighted by molar-refractivity contribution is 7.92. The summed E-state index contributed by atoms with van der Waals surface area (Å²) in [6.07, 6.45) is 0. The van der Waals surface area contributed by atoms with Crippen molar-refractivity contribution in [1.82, 2.24) is 9.36 Å². The van der Waals surface area contributed by atoms with Crippen molar-refractivity contribution in [3.8, 4) is 5.69 Å². The SMILES string of the molecule is Cc1cc(C)cc(NS(=O)(=O)c2cc(C(=O)Nc3c(C)n(C)n(-c4ccccc4)c3=O)ccc2C)c1. The molecule has 0 aliphatic carbocycles. The topological polar surface area (TPSA) is 102 Å². The van der Waals surface area contributed by atoms with E-state index in [9.17, 15) is 18.0 Å². The number of nitrogens with one attached hydrogen (secondary N) is 2. The number of benzene rings is 3. The molecule has 1 amide bonds. The molecule has 0 unspecified atom stereocenters. The van der Waals surface area contributed by atoms with Crippen LogP contribution in [0.15, 0.2) is 76.4 Å². The maximum absolute atomic E-state index is 13.2. The Hall–Kier alpha value is -4.11. The van der Waals surface area contributed by atoms with Gasteiger partial charge in [0.25, 0.3) is 21.5 Å². The number of nitrogens with zero attached hydrogens (tertiary/aromatic N) is 2. The van der Waals surface area contributed by atoms with Gasteiger partial charge in [-0.15, -0.1) is 0 Å². The van der Waals surface area contributed by atoms with E-state index >= 15 is 0 Å². The fraction of sp³-hybridized carbons (Fsp3) is 0.185. The van der Waals surface area contributed by atoms with Crippen molar-refractivity contribution >= 4 is 27.3 Å². The fourth-order valence-electron chi connectivity index (χ4n) is 4.17. The van der Waals surface area contributed by atoms with Crippen LogP contribution in [0.3, 0.4) is 0 Å². The Balaban J connectivity index is 1.66. The average Bonchev–Trinajstić information content (AvgIpc) is 3.01. The minimum Gasteiger partial charge on any atom is -0.316 e. The number of anilines is 2. The van der Waals surface area contributed by atoms with Crippen LogP contribution < -0.4 is 15.6 Å². The number of rotatable bonds is 6. The third-order valence-corrected chi connectivity index (χ3v) is 7.53. The number of amides is 1. The summed E-state index contributed by atoms with van der Waals surface area (Å²) in [7, 11) is -2.23. The van der Waals surface area contributed by atoms with Crippen LogP contribution >= 0.6 is 0 Å². The molecule has 0 aliphatic heterocycles. The molecule has 1 heterocycles. The molecular formula is C27H28N4O4S. The van der Waals surface area contributed by atoms with Crippen molar-refractivity contribution in [2.75, 3.05) is 10.0 Å². The zero-order valence-corrected chi connectivity index (χ0v) is 21.6. The van der Waals surface area contributed by atoms with Crippen molar-refractivity contribution < 1.29 is 13.2 Å². The molecule has 2 N–H and O–H groups in total. The average molecular weight is 505 g/mol. The van der Waals surface area contributed by atoms with Crippen molar-refractivity contribution in [3.05, 3.63) is 105 Å². The van der Waals surface area contributed by atoms with Gasteiger partial charge in [0, 0.05) is 18.3 Å². The number of aryl methyl sites for hydroxylation is 3. The van der Waals surface area contributed by atoms with E-state index in [1.807, 2.05) is 38.1 Å². The summed E-state index contributed by atoms with van der Waals surface area (Å²) in [6.45, 7) is 7.17. The van der Waals surface area contributed by atoms with Gasteiger partial charge in [-0.3, -0.25) is 19.0 Å². The van der Waals surface area contributed by atoms with Gasteiger partial charge in [0.05, 0.1) is 16.3 Å². The van der Waals surface area contributed by atoms with E-state index in [-0.39, 0.29) is 21.7 Å². The molecule has 0 saturated carbocycles. The van der Waals surface area contributed by atoms with Crippen LogP contribution in [-0.4, -0.2) is 23.7 Å². The summed E-state index contributed by atoms with van der Waals surface area (Å²) in [5, 5.41) is 2.68. The maximum Gasteiger partial charge on any atom is 0.295 e. The third-order valence-electron chi connectivity index (χ3n) is 6.01. The molecule has 0 aliphatic rings. The first-order valence-electron chi connectivity index (χ1n) is 11.3. The Kier molecular flexibility index (Phi) is 6.60. The first-order chi connectivity index (χ1) is 17.0. The second kappa shape index (κ2) is 9.50. The van der Waals surface area contributed by atoms with Gasteiger partial charge in [0.1, 0.15) is 5.69 Å². The summed E-state index contributed by atoms with van der Waals surface area (Å²) in [6, 6.07) is 19.0. The van der Waals surface area contributed by atoms with Gasteiger partial charge in [0.15, 0.2) is 0 Å². The number of aromatic nitrogens is 2. The molecule has 8 nitrogen and oxygen atoms in total. The molecule has 0 atom stereocenters. The lowest BCUT2D eigenvalue weighted by molar-refractivity contribution is 0.102. The summed E-state index contributed by atoms with van der Waals surface area (Å²) in [5.74, 6) is -0.580. The predicted molar refractivity (Wildman–Crippen MR) is 142 cm³/mol. The van der Waals surface area contributed by atoms with Crippen molar-refractivity contribution in [2.45, 2.75) is 32.6 Å². The van der Waals surface area contributed by atoms with E-state index in [1.165, 1.54) is 16.8 Å². The van der Waals surface area contributed by atoms with E-state index in [4.69, 9.17) is 0 Å². The van der Waals surface area contributed by atoms with Crippen LogP contribution in [0.4, 0.5) is 11.4 Å². The molecule has 3 aromatic carbocycles. The molecule has 0 spiro atoms. The summed E-state index contributed by atoms with van der Waals surface area (Å²) < 4.78 is 32.1. The summed E-state index contributed by atoms with van der Waals surface area (Å²) in [4.78, 5) is 26.3. The molecule has 4 rings (SSSR count). The highest BCUT2D eigenvalue weighted by Gasteiger charge is 2.22. The molecule has 0 saturated heterocycles. The number of carbonyl (C=O) groups excluding carboxylic acids is 1. The normalized spacial score (nSPS) is 11.4. The van der Waals surface area contributed by atoms with Crippen molar-refractivity contribution in [2.24, 2.45) is 7.05 Å². The van der Waals surface area contributed by atoms with Crippen molar-refractivity contribution in [3.63, 3.8) is 0 Å². The molecule has 1 aromatic heterocycles. The zero-order chi connectivity index (χ0) is 26.2. The van der Waals surface area contributed by atoms with E-state index < -0.39 is 15.9 Å². The number of carbonyl (C=O) groups is 1. The maximum atomic E-state index is 13.2. The summed E-state index contributed by atoms with van der Waals surface area (Å²) >= 11 is 0. The Morgan fingerprint density at radius 1 is 0.861 bits per heavy atom. The number of hydrogen-bond acceptors (Lipinski definition) is 4. The van der Waals surface area contributed by atoms with Crippen LogP contribution in [0.2, 0.25) is 0 Å². The predicted octanol–water partition coefficient (Wildman–Crippen LogP) is 4.46. The molecular weight excluding hydrogens is 476 g/mol. The van der Waals surface area contributed by atoms with Crippen LogP contribution in [0.1, 0.15) is 32.7 Å². The molecule has 186 valence electrons. The smallest absolute Gasteiger partial charge is 0.295 e. The quantitative estimate of drug-likeness (QED) is 0.405. The van der Waals surface area contributed by atoms with Gasteiger partial charge in [-0.25, -0.2) is 13.1 Å². The minimum atomic E-state index is -3.96. The van der Waals surface area contributed by atoms with E-state index in [0.717, 1.165) is 11.1 Å². The molecule has 0 radical (unpaired) electrons. The first-order valence-corrected chi connectivity index (χ1v) is 12.8. The standard InChI is InChI=1S/C27H28N4O4S/c1-17-13-18(2)15-22(14-17)29-36(34,35)24-16-21(12-11-19(24)3)26(32)28-25-20(4)30(5)31(27(25)33)23-9-7-6-8-10-23/h6-16,29H,1-5H3,(H,28,32). The Bertz CT molecular complexity index is 1610. The molecule has 4 aromatic rings. The Morgan fingerprint density at radius 3 is 2.14 bits per heavy atom. The Morgan fingerprint density at radius 2 is 1.50 bits per heavy atom. The van der Waals surface area contributed by atoms with E-state index in [1.54, 1.807) is 55.9 Å². The van der Waals surface area contributed by atoms with Crippen LogP contribution in [-0.2, 0) is 17.1 Å². The molecule has 9 heteroatoms. The molecule has 0 fully saturated rings. The zero-order valence-electron chi connectivity index (χ0n) is 20.8. The molecule has 36 heavy (non-hydrogen) atoms. The second-order valence-electron chi connectivity index (χ2n) is 8.85.